The summed E-state index contributed by atoms with van der Waals surface area (Å²) in [5, 5.41) is 0. The molecule has 0 aliphatic heterocycles. The molecule has 0 saturated carbocycles. The lowest BCUT2D eigenvalue weighted by Crippen LogP contribution is -2.12. The Morgan fingerprint density at radius 1 is 1.38 bits per heavy atom. The summed E-state index contributed by atoms with van der Waals surface area (Å²) in [6.07, 6.45) is 2.09. The first-order valence-corrected chi connectivity index (χ1v) is 4.77. The number of hydrogen-bond acceptors (Lipinski definition) is 2. The number of para-hydroxylation sites is 1. The lowest BCUT2D eigenvalue weighted by Gasteiger charge is -2.14. The van der Waals surface area contributed by atoms with E-state index in [0.29, 0.717) is 0 Å². The summed E-state index contributed by atoms with van der Waals surface area (Å²) < 4.78 is 0. The standard InChI is InChI=1S/C11H18N2/c1-3-5-10(12)9-7-4-6-8(2)11(9)13/h4,6-7,10H,3,5,12-13H2,1-2H3. The minimum atomic E-state index is 0.0879. The zero-order valence-electron chi connectivity index (χ0n) is 8.38. The van der Waals surface area contributed by atoms with Crippen molar-refractivity contribution in [2.24, 2.45) is 5.73 Å². The minimum Gasteiger partial charge on any atom is -0.398 e. The Hall–Kier alpha value is -1.02. The maximum absolute atomic E-state index is 6.00. The van der Waals surface area contributed by atoms with E-state index in [0.717, 1.165) is 29.7 Å². The Morgan fingerprint density at radius 3 is 2.69 bits per heavy atom. The van der Waals surface area contributed by atoms with Crippen molar-refractivity contribution in [2.75, 3.05) is 5.73 Å². The molecule has 0 amide bonds. The number of nitrogens with two attached hydrogens (primary N) is 2. The van der Waals surface area contributed by atoms with Crippen LogP contribution in [-0.2, 0) is 0 Å². The predicted octanol–water partition coefficient (Wildman–Crippen LogP) is 2.38. The van der Waals surface area contributed by atoms with Crippen molar-refractivity contribution in [3.63, 3.8) is 0 Å². The fourth-order valence-electron chi connectivity index (χ4n) is 1.49. The van der Waals surface area contributed by atoms with E-state index < -0.39 is 0 Å². The second-order valence-electron chi connectivity index (χ2n) is 3.47. The van der Waals surface area contributed by atoms with Crippen LogP contribution in [-0.4, -0.2) is 0 Å². The van der Waals surface area contributed by atoms with Crippen LogP contribution in [0.4, 0.5) is 5.69 Å². The average molecular weight is 178 g/mol. The summed E-state index contributed by atoms with van der Waals surface area (Å²) >= 11 is 0. The molecule has 0 aromatic heterocycles. The second-order valence-corrected chi connectivity index (χ2v) is 3.47. The largest absolute Gasteiger partial charge is 0.398 e. The minimum absolute atomic E-state index is 0.0879. The van der Waals surface area contributed by atoms with Crippen molar-refractivity contribution < 1.29 is 0 Å². The highest BCUT2D eigenvalue weighted by Crippen LogP contribution is 2.24. The van der Waals surface area contributed by atoms with Crippen molar-refractivity contribution in [1.29, 1.82) is 0 Å². The second kappa shape index (κ2) is 4.28. The molecule has 0 spiro atoms. The topological polar surface area (TPSA) is 52.0 Å². The maximum atomic E-state index is 6.00. The number of anilines is 1. The summed E-state index contributed by atoms with van der Waals surface area (Å²) in [6, 6.07) is 6.13. The van der Waals surface area contributed by atoms with Crippen molar-refractivity contribution in [1.82, 2.24) is 0 Å². The molecule has 1 aromatic rings. The molecule has 1 aromatic carbocycles. The Morgan fingerprint density at radius 2 is 2.08 bits per heavy atom. The SMILES string of the molecule is CCCC(N)c1cccc(C)c1N. The molecule has 2 heteroatoms. The van der Waals surface area contributed by atoms with Gasteiger partial charge >= 0.3 is 0 Å². The number of hydrogen-bond donors (Lipinski definition) is 2. The third kappa shape index (κ3) is 2.22. The van der Waals surface area contributed by atoms with Crippen LogP contribution in [0, 0.1) is 6.92 Å². The van der Waals surface area contributed by atoms with Gasteiger partial charge in [0.15, 0.2) is 0 Å². The van der Waals surface area contributed by atoms with E-state index in [1.165, 1.54) is 0 Å². The molecular weight excluding hydrogens is 160 g/mol. The third-order valence-electron chi connectivity index (χ3n) is 2.36. The molecule has 0 heterocycles. The van der Waals surface area contributed by atoms with Gasteiger partial charge in [-0.3, -0.25) is 0 Å². The van der Waals surface area contributed by atoms with Crippen LogP contribution in [0.1, 0.15) is 36.9 Å². The molecular formula is C11H18N2. The highest BCUT2D eigenvalue weighted by Gasteiger charge is 2.08. The molecule has 13 heavy (non-hydrogen) atoms. The van der Waals surface area contributed by atoms with Gasteiger partial charge in [-0.15, -0.1) is 0 Å². The van der Waals surface area contributed by atoms with E-state index in [-0.39, 0.29) is 6.04 Å². The summed E-state index contributed by atoms with van der Waals surface area (Å²) in [5.74, 6) is 0. The van der Waals surface area contributed by atoms with Crippen LogP contribution in [0.25, 0.3) is 0 Å². The average Bonchev–Trinajstić information content (AvgIpc) is 2.10. The van der Waals surface area contributed by atoms with Crippen molar-refractivity contribution >= 4 is 5.69 Å². The van der Waals surface area contributed by atoms with E-state index in [1.54, 1.807) is 0 Å². The molecule has 1 unspecified atom stereocenters. The van der Waals surface area contributed by atoms with Crippen LogP contribution in [0.3, 0.4) is 0 Å². The van der Waals surface area contributed by atoms with Gasteiger partial charge in [0.1, 0.15) is 0 Å². The maximum Gasteiger partial charge on any atom is 0.0392 e. The zero-order chi connectivity index (χ0) is 9.84. The van der Waals surface area contributed by atoms with E-state index >= 15 is 0 Å². The quantitative estimate of drug-likeness (QED) is 0.698. The van der Waals surface area contributed by atoms with Gasteiger partial charge in [0.2, 0.25) is 0 Å². The first-order valence-electron chi connectivity index (χ1n) is 4.77. The van der Waals surface area contributed by atoms with Crippen LogP contribution < -0.4 is 11.5 Å². The molecule has 0 radical (unpaired) electrons. The van der Waals surface area contributed by atoms with Crippen LogP contribution >= 0.6 is 0 Å². The number of aryl methyl sites for hydroxylation is 1. The van der Waals surface area contributed by atoms with E-state index in [9.17, 15) is 0 Å². The first kappa shape index (κ1) is 10.1. The Kier molecular flexibility index (Phi) is 3.32. The monoisotopic (exact) mass is 178 g/mol. The van der Waals surface area contributed by atoms with Crippen molar-refractivity contribution in [3.8, 4) is 0 Å². The summed E-state index contributed by atoms with van der Waals surface area (Å²) in [4.78, 5) is 0. The molecule has 2 nitrogen and oxygen atoms in total. The molecule has 0 aliphatic rings. The molecule has 4 N–H and O–H groups in total. The van der Waals surface area contributed by atoms with Gasteiger partial charge in [-0.25, -0.2) is 0 Å². The Labute approximate surface area is 79.9 Å². The van der Waals surface area contributed by atoms with Gasteiger partial charge in [-0.05, 0) is 24.5 Å². The van der Waals surface area contributed by atoms with Gasteiger partial charge in [-0.2, -0.15) is 0 Å². The summed E-state index contributed by atoms with van der Waals surface area (Å²) in [6.45, 7) is 4.14. The predicted molar refractivity (Wildman–Crippen MR) is 57.4 cm³/mol. The van der Waals surface area contributed by atoms with Crippen molar-refractivity contribution in [3.05, 3.63) is 29.3 Å². The van der Waals surface area contributed by atoms with E-state index in [4.69, 9.17) is 11.5 Å². The van der Waals surface area contributed by atoms with Gasteiger partial charge < -0.3 is 11.5 Å². The van der Waals surface area contributed by atoms with Crippen molar-refractivity contribution in [2.45, 2.75) is 32.7 Å². The molecule has 0 aliphatic carbocycles. The third-order valence-corrected chi connectivity index (χ3v) is 2.36. The van der Waals surface area contributed by atoms with Gasteiger partial charge in [0.25, 0.3) is 0 Å². The van der Waals surface area contributed by atoms with Crippen LogP contribution in [0.5, 0.6) is 0 Å². The fraction of sp³-hybridized carbons (Fsp3) is 0.455. The van der Waals surface area contributed by atoms with Gasteiger partial charge in [-0.1, -0.05) is 31.5 Å². The Balaban J connectivity index is 2.93. The fourth-order valence-corrected chi connectivity index (χ4v) is 1.49. The lowest BCUT2D eigenvalue weighted by molar-refractivity contribution is 0.640. The molecule has 0 saturated heterocycles. The number of rotatable bonds is 3. The molecule has 0 bridgehead atoms. The molecule has 1 rings (SSSR count). The molecule has 72 valence electrons. The molecule has 1 atom stereocenters. The highest BCUT2D eigenvalue weighted by molar-refractivity contribution is 5.54. The lowest BCUT2D eigenvalue weighted by atomic mass is 9.99. The molecule has 0 fully saturated rings. The van der Waals surface area contributed by atoms with Gasteiger partial charge in [0.05, 0.1) is 0 Å². The van der Waals surface area contributed by atoms with E-state index in [2.05, 4.69) is 6.92 Å². The smallest absolute Gasteiger partial charge is 0.0392 e. The number of benzene rings is 1. The normalized spacial score (nSPS) is 12.8. The van der Waals surface area contributed by atoms with Gasteiger partial charge in [0, 0.05) is 11.7 Å². The van der Waals surface area contributed by atoms with Crippen LogP contribution in [0.2, 0.25) is 0 Å². The first-order chi connectivity index (χ1) is 6.16. The summed E-state index contributed by atoms with van der Waals surface area (Å²) in [5.41, 5.74) is 15.0. The highest BCUT2D eigenvalue weighted by atomic mass is 14.7. The number of nitrogen functional groups attached to an aromatic ring is 1. The van der Waals surface area contributed by atoms with Crippen LogP contribution in [0.15, 0.2) is 18.2 Å². The van der Waals surface area contributed by atoms with E-state index in [1.807, 2.05) is 25.1 Å². The summed E-state index contributed by atoms with van der Waals surface area (Å²) in [7, 11) is 0. The Bertz CT molecular complexity index is 281. The zero-order valence-corrected chi connectivity index (χ0v) is 8.38.